The lowest BCUT2D eigenvalue weighted by atomic mass is 9.82. The van der Waals surface area contributed by atoms with Crippen LogP contribution in [-0.4, -0.2) is 53.5 Å². The smallest absolute Gasteiger partial charge is 0.422 e. The van der Waals surface area contributed by atoms with Gasteiger partial charge in [0.2, 0.25) is 0 Å². The fourth-order valence-corrected chi connectivity index (χ4v) is 4.74. The summed E-state index contributed by atoms with van der Waals surface area (Å²) in [5.74, 6) is -0.560. The average Bonchev–Trinajstić information content (AvgIpc) is 2.78. The summed E-state index contributed by atoms with van der Waals surface area (Å²) in [7, 11) is 1.48. The number of hydrogen-bond donors (Lipinski definition) is 3. The van der Waals surface area contributed by atoms with Crippen molar-refractivity contribution in [3.63, 3.8) is 0 Å². The van der Waals surface area contributed by atoms with E-state index in [1.54, 1.807) is 38.1 Å². The third-order valence-corrected chi connectivity index (χ3v) is 7.05. The average molecular weight is 523 g/mol. The van der Waals surface area contributed by atoms with Gasteiger partial charge in [-0.1, -0.05) is 42.8 Å². The second-order valence-electron chi connectivity index (χ2n) is 8.42. The van der Waals surface area contributed by atoms with Crippen LogP contribution in [0.3, 0.4) is 0 Å². The summed E-state index contributed by atoms with van der Waals surface area (Å²) in [6.45, 7) is 3.52. The Morgan fingerprint density at radius 2 is 1.65 bits per heavy atom. The number of ether oxygens (including phenoxy) is 1. The van der Waals surface area contributed by atoms with Crippen molar-refractivity contribution in [2.24, 2.45) is 5.92 Å². The summed E-state index contributed by atoms with van der Waals surface area (Å²) in [5.41, 5.74) is 2.24. The van der Waals surface area contributed by atoms with Crippen molar-refractivity contribution in [1.29, 1.82) is 0 Å². The summed E-state index contributed by atoms with van der Waals surface area (Å²) in [4.78, 5) is 0. The van der Waals surface area contributed by atoms with Gasteiger partial charge in [-0.25, -0.2) is 0 Å². The van der Waals surface area contributed by atoms with Crippen LogP contribution in [0.15, 0.2) is 42.5 Å². The lowest BCUT2D eigenvalue weighted by Crippen LogP contribution is -2.46. The third kappa shape index (κ3) is 7.50. The lowest BCUT2D eigenvalue weighted by molar-refractivity contribution is -0.153. The molecular weight excluding hydrogens is 493 g/mol. The van der Waals surface area contributed by atoms with Gasteiger partial charge in [-0.15, -0.1) is 0 Å². The summed E-state index contributed by atoms with van der Waals surface area (Å²) in [6, 6.07) is 11.5. The number of alkyl halides is 3. The van der Waals surface area contributed by atoms with Gasteiger partial charge in [0.25, 0.3) is 0 Å². The Bertz CT molecular complexity index is 926. The Labute approximate surface area is 207 Å². The zero-order valence-corrected chi connectivity index (χ0v) is 20.9. The first-order valence-electron chi connectivity index (χ1n) is 10.6. The van der Waals surface area contributed by atoms with Crippen molar-refractivity contribution in [3.8, 4) is 5.75 Å². The molecular formula is C24H30ClF3O5S. The van der Waals surface area contributed by atoms with E-state index in [0.29, 0.717) is 17.0 Å². The molecule has 0 spiro atoms. The minimum absolute atomic E-state index is 0.110. The van der Waals surface area contributed by atoms with E-state index in [2.05, 4.69) is 0 Å². The molecule has 0 amide bonds. The highest BCUT2D eigenvalue weighted by atomic mass is 35.5. The molecule has 0 bridgehead atoms. The molecule has 0 saturated carbocycles. The Morgan fingerprint density at radius 1 is 1.03 bits per heavy atom. The minimum Gasteiger partial charge on any atom is -0.484 e. The lowest BCUT2D eigenvalue weighted by Gasteiger charge is -2.38. The summed E-state index contributed by atoms with van der Waals surface area (Å²) >= 11 is 7.45. The quantitative estimate of drug-likeness (QED) is 0.355. The van der Waals surface area contributed by atoms with Crippen LogP contribution in [0.1, 0.15) is 37.5 Å². The predicted molar refractivity (Wildman–Crippen MR) is 127 cm³/mol. The molecule has 3 N–H and O–H groups in total. The number of aliphatic hydroxyl groups is 3. The maximum absolute atomic E-state index is 12.3. The minimum atomic E-state index is -4.41. The zero-order valence-electron chi connectivity index (χ0n) is 19.3. The van der Waals surface area contributed by atoms with Gasteiger partial charge in [-0.2, -0.15) is 13.2 Å². The molecule has 2 aromatic rings. The molecule has 0 aliphatic carbocycles. The molecule has 0 aromatic heterocycles. The number of rotatable bonds is 11. The van der Waals surface area contributed by atoms with Crippen LogP contribution in [0.25, 0.3) is 0 Å². The first-order chi connectivity index (χ1) is 15.8. The monoisotopic (exact) mass is 522 g/mol. The van der Waals surface area contributed by atoms with Crippen molar-refractivity contribution >= 4 is 23.6 Å². The number of aliphatic hydroxyl groups excluding tert-OH is 3. The Balaban J connectivity index is 2.29. The second kappa shape index (κ2) is 12.0. The van der Waals surface area contributed by atoms with Gasteiger partial charge < -0.3 is 24.2 Å². The highest BCUT2D eigenvalue weighted by molar-refractivity contribution is 7.95. The maximum Gasteiger partial charge on any atom is 0.422 e. The van der Waals surface area contributed by atoms with Crippen LogP contribution in [0.2, 0.25) is 5.02 Å². The van der Waals surface area contributed by atoms with E-state index in [1.165, 1.54) is 26.2 Å². The predicted octanol–water partition coefficient (Wildman–Crippen LogP) is 5.12. The van der Waals surface area contributed by atoms with E-state index in [-0.39, 0.29) is 5.75 Å². The van der Waals surface area contributed by atoms with Crippen molar-refractivity contribution in [2.75, 3.05) is 13.7 Å². The SMILES string of the molecule is COSC(C)(c1ccc(Cl)c(Cc2ccc(OCC(F)(F)F)cc2)c1)[C@H](O)[C@@H](C)[C@H](O)[C@@H](C)O. The van der Waals surface area contributed by atoms with E-state index >= 15 is 0 Å². The number of halogens is 4. The van der Waals surface area contributed by atoms with Crippen molar-refractivity contribution < 1.29 is 37.4 Å². The summed E-state index contributed by atoms with van der Waals surface area (Å²) in [5, 5.41) is 31.7. The van der Waals surface area contributed by atoms with Gasteiger partial charge in [0.1, 0.15) is 5.75 Å². The van der Waals surface area contributed by atoms with Gasteiger partial charge in [-0.3, -0.25) is 0 Å². The van der Waals surface area contributed by atoms with Crippen LogP contribution >= 0.6 is 23.6 Å². The molecule has 34 heavy (non-hydrogen) atoms. The van der Waals surface area contributed by atoms with E-state index in [0.717, 1.165) is 23.2 Å². The van der Waals surface area contributed by atoms with E-state index < -0.39 is 41.8 Å². The molecule has 0 aliphatic rings. The fourth-order valence-electron chi connectivity index (χ4n) is 3.68. The standard InChI is InChI=1S/C24H30ClF3O5S/c1-14(21(30)15(2)29)22(31)23(3,34-32-4)18-7-10-20(25)17(12-18)11-16-5-8-19(9-6-16)33-13-24(26,27)28/h5-10,12,14-15,21-22,29-31H,11,13H2,1-4H3/t14-,15+,21-,22+,23?/m0/s1. The third-order valence-electron chi connectivity index (χ3n) is 5.69. The molecule has 0 aliphatic heterocycles. The Morgan fingerprint density at radius 3 is 2.18 bits per heavy atom. The van der Waals surface area contributed by atoms with E-state index in [4.69, 9.17) is 20.5 Å². The van der Waals surface area contributed by atoms with Gasteiger partial charge in [-0.05, 0) is 55.2 Å². The molecule has 1 unspecified atom stereocenters. The largest absolute Gasteiger partial charge is 0.484 e. The van der Waals surface area contributed by atoms with Crippen molar-refractivity contribution in [2.45, 2.75) is 56.4 Å². The van der Waals surface area contributed by atoms with Crippen LogP contribution < -0.4 is 4.74 Å². The number of benzene rings is 2. The first-order valence-corrected chi connectivity index (χ1v) is 11.7. The molecule has 2 aromatic carbocycles. The van der Waals surface area contributed by atoms with Gasteiger partial charge >= 0.3 is 6.18 Å². The highest BCUT2D eigenvalue weighted by Crippen LogP contribution is 2.44. The molecule has 0 radical (unpaired) electrons. The van der Waals surface area contributed by atoms with Crippen molar-refractivity contribution in [3.05, 3.63) is 64.2 Å². The van der Waals surface area contributed by atoms with E-state index in [9.17, 15) is 28.5 Å². The number of hydrogen-bond acceptors (Lipinski definition) is 6. The molecule has 0 saturated heterocycles. The Hall–Kier alpha value is -1.49. The first kappa shape index (κ1) is 28.7. The van der Waals surface area contributed by atoms with Gasteiger partial charge in [0.15, 0.2) is 6.61 Å². The zero-order chi connectivity index (χ0) is 25.7. The van der Waals surface area contributed by atoms with Gasteiger partial charge in [0, 0.05) is 23.0 Å². The van der Waals surface area contributed by atoms with Gasteiger partial charge in [0.05, 0.1) is 30.2 Å². The maximum atomic E-state index is 12.3. The normalized spacial score (nSPS) is 17.5. The molecule has 0 fully saturated rings. The van der Waals surface area contributed by atoms with Crippen LogP contribution in [-0.2, 0) is 15.4 Å². The van der Waals surface area contributed by atoms with E-state index in [1.807, 2.05) is 6.07 Å². The topological polar surface area (TPSA) is 79.2 Å². The van der Waals surface area contributed by atoms with Crippen LogP contribution in [0, 0.1) is 5.92 Å². The molecule has 5 atom stereocenters. The van der Waals surface area contributed by atoms with Crippen LogP contribution in [0.4, 0.5) is 13.2 Å². The summed E-state index contributed by atoms with van der Waals surface area (Å²) in [6.07, 6.45) is -7.27. The molecule has 2 rings (SSSR count). The fraction of sp³-hybridized carbons (Fsp3) is 0.500. The summed E-state index contributed by atoms with van der Waals surface area (Å²) < 4.78 is 46.1. The van der Waals surface area contributed by atoms with Crippen LogP contribution in [0.5, 0.6) is 5.75 Å². The van der Waals surface area contributed by atoms with Crippen molar-refractivity contribution in [1.82, 2.24) is 0 Å². The molecule has 5 nitrogen and oxygen atoms in total. The molecule has 10 heteroatoms. The molecule has 0 heterocycles. The molecule has 190 valence electrons. The highest BCUT2D eigenvalue weighted by Gasteiger charge is 2.43. The second-order valence-corrected chi connectivity index (χ2v) is 10.2. The Kier molecular flexibility index (Phi) is 10.1.